The molecule has 2 heterocycles. The standard InChI is InChI=1S/C14H12ClN5OS/c1-19(8-12-5-6-13(15)22-12)14(21)10-3-2-4-11(7-10)20-9-16-17-18-20/h2-7,9H,8H2,1H3. The fourth-order valence-corrected chi connectivity index (χ4v) is 3.16. The Balaban J connectivity index is 1.78. The number of thiophene rings is 1. The maximum Gasteiger partial charge on any atom is 0.253 e. The molecule has 0 radical (unpaired) electrons. The predicted molar refractivity (Wildman–Crippen MR) is 84.3 cm³/mol. The number of halogens is 1. The van der Waals surface area contributed by atoms with Crippen LogP contribution in [0.1, 0.15) is 15.2 Å². The van der Waals surface area contributed by atoms with Crippen LogP contribution in [0.4, 0.5) is 0 Å². The van der Waals surface area contributed by atoms with Gasteiger partial charge >= 0.3 is 0 Å². The van der Waals surface area contributed by atoms with E-state index in [1.165, 1.54) is 22.3 Å². The summed E-state index contributed by atoms with van der Waals surface area (Å²) in [4.78, 5) is 15.2. The van der Waals surface area contributed by atoms with Gasteiger partial charge < -0.3 is 4.90 Å². The monoisotopic (exact) mass is 333 g/mol. The van der Waals surface area contributed by atoms with Gasteiger partial charge in [0.05, 0.1) is 16.6 Å². The molecule has 6 nitrogen and oxygen atoms in total. The van der Waals surface area contributed by atoms with Crippen molar-refractivity contribution < 1.29 is 4.79 Å². The third-order valence-electron chi connectivity index (χ3n) is 3.08. The van der Waals surface area contributed by atoms with Crippen molar-refractivity contribution in [1.29, 1.82) is 0 Å². The van der Waals surface area contributed by atoms with Crippen molar-refractivity contribution in [2.24, 2.45) is 0 Å². The molecule has 0 unspecified atom stereocenters. The Labute approximate surface area is 135 Å². The van der Waals surface area contributed by atoms with E-state index in [4.69, 9.17) is 11.6 Å². The Kier molecular flexibility index (Phi) is 4.17. The summed E-state index contributed by atoms with van der Waals surface area (Å²) in [6, 6.07) is 10.9. The molecule has 112 valence electrons. The van der Waals surface area contributed by atoms with Crippen molar-refractivity contribution in [3.8, 4) is 5.69 Å². The van der Waals surface area contributed by atoms with Crippen LogP contribution in [0.25, 0.3) is 5.69 Å². The number of tetrazole rings is 1. The lowest BCUT2D eigenvalue weighted by atomic mass is 10.2. The van der Waals surface area contributed by atoms with Crippen LogP contribution in [0.3, 0.4) is 0 Å². The van der Waals surface area contributed by atoms with Crippen LogP contribution in [-0.2, 0) is 6.54 Å². The van der Waals surface area contributed by atoms with Gasteiger partial charge in [0, 0.05) is 17.5 Å². The van der Waals surface area contributed by atoms with Gasteiger partial charge in [-0.25, -0.2) is 4.68 Å². The smallest absolute Gasteiger partial charge is 0.253 e. The normalized spacial score (nSPS) is 10.6. The molecule has 2 aromatic heterocycles. The summed E-state index contributed by atoms with van der Waals surface area (Å²) in [6.45, 7) is 0.519. The van der Waals surface area contributed by atoms with Crippen LogP contribution in [0.15, 0.2) is 42.7 Å². The van der Waals surface area contributed by atoms with Gasteiger partial charge in [-0.05, 0) is 40.8 Å². The zero-order valence-corrected chi connectivity index (χ0v) is 13.3. The van der Waals surface area contributed by atoms with Gasteiger partial charge in [0.2, 0.25) is 0 Å². The number of benzene rings is 1. The first-order valence-corrected chi connectivity index (χ1v) is 7.66. The first-order chi connectivity index (χ1) is 10.6. The van der Waals surface area contributed by atoms with Crippen molar-refractivity contribution in [2.45, 2.75) is 6.54 Å². The van der Waals surface area contributed by atoms with Gasteiger partial charge in [-0.1, -0.05) is 17.7 Å². The first-order valence-electron chi connectivity index (χ1n) is 6.46. The number of carbonyl (C=O) groups excluding carboxylic acids is 1. The first kappa shape index (κ1) is 14.7. The molecule has 0 spiro atoms. The second kappa shape index (κ2) is 6.25. The summed E-state index contributed by atoms with van der Waals surface area (Å²) in [5.74, 6) is -0.0700. The molecular formula is C14H12ClN5OS. The predicted octanol–water partition coefficient (Wildman–Crippen LogP) is 2.65. The SMILES string of the molecule is CN(Cc1ccc(Cl)s1)C(=O)c1cccc(-n2cnnn2)c1. The molecule has 3 aromatic rings. The van der Waals surface area contributed by atoms with Crippen molar-refractivity contribution in [3.05, 3.63) is 57.5 Å². The largest absolute Gasteiger partial charge is 0.337 e. The molecule has 0 saturated carbocycles. The van der Waals surface area contributed by atoms with Crippen LogP contribution in [0, 0.1) is 0 Å². The van der Waals surface area contributed by atoms with Gasteiger partial charge in [0.1, 0.15) is 6.33 Å². The molecule has 1 amide bonds. The highest BCUT2D eigenvalue weighted by atomic mass is 35.5. The fourth-order valence-electron chi connectivity index (χ4n) is 2.02. The van der Waals surface area contributed by atoms with E-state index in [-0.39, 0.29) is 5.91 Å². The topological polar surface area (TPSA) is 63.9 Å². The third kappa shape index (κ3) is 3.15. The van der Waals surface area contributed by atoms with E-state index >= 15 is 0 Å². The molecule has 1 aromatic carbocycles. The van der Waals surface area contributed by atoms with E-state index in [2.05, 4.69) is 15.5 Å². The lowest BCUT2D eigenvalue weighted by Gasteiger charge is -2.16. The summed E-state index contributed by atoms with van der Waals surface area (Å²) in [7, 11) is 1.76. The molecule has 0 saturated heterocycles. The van der Waals surface area contributed by atoms with Crippen molar-refractivity contribution >= 4 is 28.8 Å². The molecule has 0 fully saturated rings. The highest BCUT2D eigenvalue weighted by molar-refractivity contribution is 7.16. The molecule has 0 aliphatic rings. The number of nitrogens with zero attached hydrogens (tertiary/aromatic N) is 5. The van der Waals surface area contributed by atoms with E-state index in [1.807, 2.05) is 18.2 Å². The molecule has 0 aliphatic carbocycles. The molecule has 0 N–H and O–H groups in total. The summed E-state index contributed by atoms with van der Waals surface area (Å²) in [5.41, 5.74) is 1.32. The Morgan fingerprint density at radius 2 is 2.23 bits per heavy atom. The second-order valence-corrected chi connectivity index (χ2v) is 6.47. The highest BCUT2D eigenvalue weighted by Crippen LogP contribution is 2.23. The molecule has 3 rings (SSSR count). The zero-order valence-electron chi connectivity index (χ0n) is 11.7. The molecular weight excluding hydrogens is 322 g/mol. The van der Waals surface area contributed by atoms with E-state index in [0.29, 0.717) is 12.1 Å². The van der Waals surface area contributed by atoms with Gasteiger partial charge in [0.25, 0.3) is 5.91 Å². The van der Waals surface area contributed by atoms with E-state index in [0.717, 1.165) is 14.9 Å². The van der Waals surface area contributed by atoms with Crippen LogP contribution in [-0.4, -0.2) is 38.1 Å². The Morgan fingerprint density at radius 3 is 2.91 bits per heavy atom. The summed E-state index contributed by atoms with van der Waals surface area (Å²) in [5, 5.41) is 11.0. The molecule has 8 heteroatoms. The Morgan fingerprint density at radius 1 is 1.36 bits per heavy atom. The number of aromatic nitrogens is 4. The minimum atomic E-state index is -0.0700. The van der Waals surface area contributed by atoms with Gasteiger partial charge in [-0.15, -0.1) is 16.4 Å². The van der Waals surface area contributed by atoms with Crippen LogP contribution >= 0.6 is 22.9 Å². The highest BCUT2D eigenvalue weighted by Gasteiger charge is 2.14. The maximum absolute atomic E-state index is 12.5. The lowest BCUT2D eigenvalue weighted by molar-refractivity contribution is 0.0786. The molecule has 0 aliphatic heterocycles. The summed E-state index contributed by atoms with van der Waals surface area (Å²) in [6.07, 6.45) is 1.49. The maximum atomic E-state index is 12.5. The lowest BCUT2D eigenvalue weighted by Crippen LogP contribution is -2.25. The van der Waals surface area contributed by atoms with Crippen molar-refractivity contribution in [2.75, 3.05) is 7.05 Å². The Hall–Kier alpha value is -2.25. The van der Waals surface area contributed by atoms with E-state index in [9.17, 15) is 4.79 Å². The van der Waals surface area contributed by atoms with E-state index in [1.54, 1.807) is 30.1 Å². The van der Waals surface area contributed by atoms with Gasteiger partial charge in [-0.2, -0.15) is 0 Å². The Bertz CT molecular complexity index is 786. The van der Waals surface area contributed by atoms with Crippen LogP contribution < -0.4 is 0 Å². The van der Waals surface area contributed by atoms with Gasteiger partial charge in [-0.3, -0.25) is 4.79 Å². The van der Waals surface area contributed by atoms with Gasteiger partial charge in [0.15, 0.2) is 0 Å². The molecule has 0 bridgehead atoms. The molecule has 22 heavy (non-hydrogen) atoms. The minimum absolute atomic E-state index is 0.0700. The second-order valence-electron chi connectivity index (χ2n) is 4.67. The number of hydrogen-bond donors (Lipinski definition) is 0. The minimum Gasteiger partial charge on any atom is -0.337 e. The fraction of sp³-hybridized carbons (Fsp3) is 0.143. The van der Waals surface area contributed by atoms with E-state index < -0.39 is 0 Å². The number of hydrogen-bond acceptors (Lipinski definition) is 5. The zero-order chi connectivity index (χ0) is 15.5. The number of carbonyl (C=O) groups is 1. The average Bonchev–Trinajstić information content (AvgIpc) is 3.18. The summed E-state index contributed by atoms with van der Waals surface area (Å²) >= 11 is 7.38. The van der Waals surface area contributed by atoms with Crippen LogP contribution in [0.5, 0.6) is 0 Å². The average molecular weight is 334 g/mol. The molecule has 0 atom stereocenters. The quantitative estimate of drug-likeness (QED) is 0.736. The van der Waals surface area contributed by atoms with Crippen molar-refractivity contribution in [3.63, 3.8) is 0 Å². The third-order valence-corrected chi connectivity index (χ3v) is 4.29. The number of rotatable bonds is 4. The number of amides is 1. The van der Waals surface area contributed by atoms with Crippen molar-refractivity contribution in [1.82, 2.24) is 25.1 Å². The van der Waals surface area contributed by atoms with Crippen LogP contribution in [0.2, 0.25) is 4.34 Å². The summed E-state index contributed by atoms with van der Waals surface area (Å²) < 4.78 is 2.23.